The van der Waals surface area contributed by atoms with Gasteiger partial charge in [-0.05, 0) is 43.5 Å². The summed E-state index contributed by atoms with van der Waals surface area (Å²) in [5.74, 6) is 1.07. The van der Waals surface area contributed by atoms with E-state index in [0.717, 1.165) is 25.0 Å². The number of fused-ring (bicyclic) bond motifs is 1. The van der Waals surface area contributed by atoms with Crippen LogP contribution in [0.1, 0.15) is 19.3 Å². The molecule has 0 bridgehead atoms. The van der Waals surface area contributed by atoms with E-state index in [2.05, 4.69) is 30.6 Å². The van der Waals surface area contributed by atoms with Gasteiger partial charge in [-0.2, -0.15) is 0 Å². The lowest BCUT2D eigenvalue weighted by molar-refractivity contribution is 0.577. The molecule has 0 amide bonds. The van der Waals surface area contributed by atoms with Crippen molar-refractivity contribution in [3.63, 3.8) is 0 Å². The van der Waals surface area contributed by atoms with Crippen LogP contribution in [0.25, 0.3) is 11.0 Å². The quantitative estimate of drug-likeness (QED) is 0.373. The molecule has 182 valence electrons. The van der Waals surface area contributed by atoms with Gasteiger partial charge in [0.25, 0.3) is 5.56 Å². The molecule has 0 spiro atoms. The van der Waals surface area contributed by atoms with Gasteiger partial charge in [0.1, 0.15) is 17.0 Å². The maximum atomic E-state index is 12.8. The van der Waals surface area contributed by atoms with Crippen molar-refractivity contribution >= 4 is 49.6 Å². The number of nitrogens with one attached hydrogen (secondary N) is 3. The Hall–Kier alpha value is -3.86. The Morgan fingerprint density at radius 2 is 1.74 bits per heavy atom. The topological polar surface area (TPSA) is 125 Å². The molecule has 1 fully saturated rings. The number of benzene rings is 1. The fraction of sp³-hybridized carbons (Fsp3) is 0.292. The molecule has 1 aliphatic heterocycles. The molecule has 0 aliphatic carbocycles. The standard InChI is InChI=1S/C24H27N7O3S/c1-30-24(32)22-18(26-17-8-4-5-9-19(17)35(2,33)34)14-21(28-23(22)29-30)27-20-11-10-16(15-25-20)31-12-6-3-7-13-31/h4-5,8-11,14-15H,3,6-7,12-13H2,1-2H3,(H3,25,26,27,28,29). The van der Waals surface area contributed by atoms with Crippen LogP contribution in [0.15, 0.2) is 58.4 Å². The molecule has 0 atom stereocenters. The summed E-state index contributed by atoms with van der Waals surface area (Å²) in [5.41, 5.74) is 1.99. The highest BCUT2D eigenvalue weighted by Gasteiger charge is 2.18. The number of rotatable bonds is 6. The number of nitrogens with zero attached hydrogens (tertiary/aromatic N) is 4. The zero-order valence-electron chi connectivity index (χ0n) is 19.6. The van der Waals surface area contributed by atoms with Gasteiger partial charge in [0.05, 0.1) is 28.2 Å². The number of H-pyrrole nitrogens is 1. The molecule has 4 heterocycles. The lowest BCUT2D eigenvalue weighted by Crippen LogP contribution is -2.29. The molecule has 5 rings (SSSR count). The number of para-hydroxylation sites is 1. The highest BCUT2D eigenvalue weighted by Crippen LogP contribution is 2.30. The van der Waals surface area contributed by atoms with Crippen LogP contribution in [0, 0.1) is 0 Å². The minimum Gasteiger partial charge on any atom is -0.370 e. The molecule has 3 N–H and O–H groups in total. The van der Waals surface area contributed by atoms with Crippen molar-refractivity contribution < 1.29 is 8.42 Å². The lowest BCUT2D eigenvalue weighted by Gasteiger charge is -2.28. The predicted octanol–water partition coefficient (Wildman–Crippen LogP) is 3.54. The van der Waals surface area contributed by atoms with Gasteiger partial charge < -0.3 is 15.5 Å². The molecular formula is C24H27N7O3S. The smallest absolute Gasteiger partial charge is 0.277 e. The van der Waals surface area contributed by atoms with Gasteiger partial charge in [0, 0.05) is 32.5 Å². The van der Waals surface area contributed by atoms with Crippen molar-refractivity contribution in [2.24, 2.45) is 7.05 Å². The van der Waals surface area contributed by atoms with Crippen LogP contribution in [0.5, 0.6) is 0 Å². The molecule has 4 aromatic rings. The van der Waals surface area contributed by atoms with E-state index in [1.54, 1.807) is 31.3 Å². The van der Waals surface area contributed by atoms with E-state index < -0.39 is 9.84 Å². The van der Waals surface area contributed by atoms with Gasteiger partial charge in [-0.15, -0.1) is 0 Å². The summed E-state index contributed by atoms with van der Waals surface area (Å²) < 4.78 is 25.9. The number of hydrogen-bond donors (Lipinski definition) is 3. The van der Waals surface area contributed by atoms with Crippen LogP contribution in [-0.4, -0.2) is 47.5 Å². The van der Waals surface area contributed by atoms with E-state index in [0.29, 0.717) is 34.0 Å². The number of aryl methyl sites for hydroxylation is 1. The van der Waals surface area contributed by atoms with Crippen molar-refractivity contribution in [1.82, 2.24) is 19.7 Å². The van der Waals surface area contributed by atoms with Crippen LogP contribution in [0.4, 0.5) is 28.7 Å². The summed E-state index contributed by atoms with van der Waals surface area (Å²) in [6.07, 6.45) is 6.65. The first-order chi connectivity index (χ1) is 16.8. The number of hydrogen-bond acceptors (Lipinski definition) is 8. The maximum Gasteiger partial charge on any atom is 0.277 e. The SMILES string of the molecule is Cn1[nH]c2nc(Nc3ccc(N4CCCCC4)cn3)cc(Nc3ccccc3S(C)(=O)=O)c2c1=O. The van der Waals surface area contributed by atoms with E-state index in [9.17, 15) is 13.2 Å². The van der Waals surface area contributed by atoms with Crippen molar-refractivity contribution in [1.29, 1.82) is 0 Å². The van der Waals surface area contributed by atoms with E-state index in [4.69, 9.17) is 0 Å². The zero-order chi connectivity index (χ0) is 24.6. The van der Waals surface area contributed by atoms with Crippen molar-refractivity contribution in [2.45, 2.75) is 24.2 Å². The number of aromatic nitrogens is 4. The molecule has 3 aromatic heterocycles. The summed E-state index contributed by atoms with van der Waals surface area (Å²) >= 11 is 0. The minimum atomic E-state index is -3.48. The second kappa shape index (κ2) is 9.06. The Bertz CT molecular complexity index is 1540. The summed E-state index contributed by atoms with van der Waals surface area (Å²) in [5, 5.41) is 9.60. The summed E-state index contributed by atoms with van der Waals surface area (Å²) in [7, 11) is -1.88. The highest BCUT2D eigenvalue weighted by molar-refractivity contribution is 7.90. The molecule has 0 unspecified atom stereocenters. The molecule has 1 aromatic carbocycles. The number of anilines is 5. The molecule has 10 nitrogen and oxygen atoms in total. The van der Waals surface area contributed by atoms with E-state index >= 15 is 0 Å². The van der Waals surface area contributed by atoms with Crippen LogP contribution >= 0.6 is 0 Å². The van der Waals surface area contributed by atoms with Gasteiger partial charge in [0.15, 0.2) is 15.5 Å². The molecule has 11 heteroatoms. The normalized spacial score (nSPS) is 14.3. The van der Waals surface area contributed by atoms with Gasteiger partial charge in [0.2, 0.25) is 0 Å². The molecule has 1 aliphatic rings. The first-order valence-electron chi connectivity index (χ1n) is 11.4. The van der Waals surface area contributed by atoms with Crippen LogP contribution < -0.4 is 21.1 Å². The number of pyridine rings is 2. The number of piperidine rings is 1. The Morgan fingerprint density at radius 1 is 0.971 bits per heavy atom. The Balaban J connectivity index is 1.50. The fourth-order valence-corrected chi connectivity index (χ4v) is 5.20. The van der Waals surface area contributed by atoms with Gasteiger partial charge in [-0.3, -0.25) is 14.6 Å². The molecule has 35 heavy (non-hydrogen) atoms. The molecule has 0 radical (unpaired) electrons. The first kappa shape index (κ1) is 22.9. The monoisotopic (exact) mass is 493 g/mol. The largest absolute Gasteiger partial charge is 0.370 e. The maximum absolute atomic E-state index is 12.8. The van der Waals surface area contributed by atoms with E-state index in [1.807, 2.05) is 18.3 Å². The summed E-state index contributed by atoms with van der Waals surface area (Å²) in [6.45, 7) is 2.08. The second-order valence-corrected chi connectivity index (χ2v) is 10.7. The summed E-state index contributed by atoms with van der Waals surface area (Å²) in [4.78, 5) is 24.3. The number of aromatic amines is 1. The van der Waals surface area contributed by atoms with Crippen molar-refractivity contribution in [2.75, 3.05) is 34.9 Å². The average molecular weight is 494 g/mol. The average Bonchev–Trinajstić information content (AvgIpc) is 3.13. The minimum absolute atomic E-state index is 0.141. The zero-order valence-corrected chi connectivity index (χ0v) is 20.4. The second-order valence-electron chi connectivity index (χ2n) is 8.72. The third-order valence-corrected chi connectivity index (χ3v) is 7.25. The highest BCUT2D eigenvalue weighted by atomic mass is 32.2. The molecular weight excluding hydrogens is 466 g/mol. The Morgan fingerprint density at radius 3 is 2.46 bits per heavy atom. The molecule has 0 saturated carbocycles. The van der Waals surface area contributed by atoms with E-state index in [-0.39, 0.29) is 10.5 Å². The van der Waals surface area contributed by atoms with Crippen LogP contribution in [0.3, 0.4) is 0 Å². The predicted molar refractivity (Wildman–Crippen MR) is 138 cm³/mol. The van der Waals surface area contributed by atoms with Crippen LogP contribution in [0.2, 0.25) is 0 Å². The molecule has 1 saturated heterocycles. The van der Waals surface area contributed by atoms with Crippen LogP contribution in [-0.2, 0) is 16.9 Å². The third-order valence-electron chi connectivity index (χ3n) is 6.09. The third kappa shape index (κ3) is 4.72. The van der Waals surface area contributed by atoms with E-state index in [1.165, 1.54) is 30.0 Å². The fourth-order valence-electron chi connectivity index (χ4n) is 4.35. The van der Waals surface area contributed by atoms with Crippen molar-refractivity contribution in [3.05, 3.63) is 59.0 Å². The van der Waals surface area contributed by atoms with Gasteiger partial charge in [-0.25, -0.2) is 18.4 Å². The lowest BCUT2D eigenvalue weighted by atomic mass is 10.1. The van der Waals surface area contributed by atoms with Gasteiger partial charge in [-0.1, -0.05) is 12.1 Å². The summed E-state index contributed by atoms with van der Waals surface area (Å²) in [6, 6.07) is 12.2. The Kier molecular flexibility index (Phi) is 5.93. The first-order valence-corrected chi connectivity index (χ1v) is 13.3. The van der Waals surface area contributed by atoms with Gasteiger partial charge >= 0.3 is 0 Å². The number of sulfone groups is 1. The Labute approximate surface area is 202 Å². The van der Waals surface area contributed by atoms with Crippen molar-refractivity contribution in [3.8, 4) is 0 Å².